The molecule has 0 aliphatic rings. The number of halogens is 1. The first-order valence-corrected chi connectivity index (χ1v) is 9.04. The molecule has 140 valence electrons. The van der Waals surface area contributed by atoms with Gasteiger partial charge in [0.15, 0.2) is 0 Å². The maximum atomic E-state index is 12.7. The van der Waals surface area contributed by atoms with Crippen LogP contribution in [0.3, 0.4) is 0 Å². The molecule has 0 atom stereocenters. The molecular formula is C21H15BrN2O4. The minimum absolute atomic E-state index is 0.0639. The predicted octanol–water partition coefficient (Wildman–Crippen LogP) is 4.65. The van der Waals surface area contributed by atoms with Gasteiger partial charge in [0.05, 0.1) is 16.8 Å². The fraction of sp³-hybridized carbons (Fsp3) is 0. The van der Waals surface area contributed by atoms with Gasteiger partial charge in [-0.25, -0.2) is 4.79 Å². The number of hydrogen-bond acceptors (Lipinski definition) is 3. The number of carboxylic acid groups (broad SMARTS) is 1. The Balaban J connectivity index is 1.81. The van der Waals surface area contributed by atoms with E-state index < -0.39 is 11.9 Å². The Labute approximate surface area is 169 Å². The average molecular weight is 439 g/mol. The zero-order valence-electron chi connectivity index (χ0n) is 14.5. The standard InChI is InChI=1S/C21H15BrN2O4/c22-15-7-3-5-13(11-15)19(25)24-18-10-2-1-9-17(18)20(26)23-16-8-4-6-14(12-16)21(27)28/h1-12H,(H,23,26)(H,24,25)(H,27,28). The second-order valence-corrected chi connectivity index (χ2v) is 6.77. The lowest BCUT2D eigenvalue weighted by Crippen LogP contribution is -2.18. The van der Waals surface area contributed by atoms with Crippen LogP contribution in [0.15, 0.2) is 77.3 Å². The monoisotopic (exact) mass is 438 g/mol. The first-order valence-electron chi connectivity index (χ1n) is 8.25. The second-order valence-electron chi connectivity index (χ2n) is 5.85. The SMILES string of the molecule is O=C(O)c1cccc(NC(=O)c2ccccc2NC(=O)c2cccc(Br)c2)c1. The van der Waals surface area contributed by atoms with E-state index in [0.717, 1.165) is 4.47 Å². The van der Waals surface area contributed by atoms with Crippen molar-refractivity contribution in [2.45, 2.75) is 0 Å². The zero-order valence-corrected chi connectivity index (χ0v) is 16.1. The summed E-state index contributed by atoms with van der Waals surface area (Å²) in [5.74, 6) is -1.90. The van der Waals surface area contributed by atoms with E-state index in [-0.39, 0.29) is 17.0 Å². The lowest BCUT2D eigenvalue weighted by Gasteiger charge is -2.12. The Hall–Kier alpha value is -3.45. The van der Waals surface area contributed by atoms with Gasteiger partial charge in [-0.2, -0.15) is 0 Å². The Morgan fingerprint density at radius 1 is 0.750 bits per heavy atom. The fourth-order valence-corrected chi connectivity index (χ4v) is 2.94. The third-order valence-corrected chi connectivity index (χ3v) is 4.37. The number of carbonyl (C=O) groups is 3. The molecule has 3 rings (SSSR count). The summed E-state index contributed by atoms with van der Waals surface area (Å²) >= 11 is 3.32. The van der Waals surface area contributed by atoms with Crippen LogP contribution in [0.4, 0.5) is 11.4 Å². The molecule has 0 radical (unpaired) electrons. The molecule has 0 saturated carbocycles. The highest BCUT2D eigenvalue weighted by molar-refractivity contribution is 9.10. The number of aromatic carboxylic acids is 1. The second kappa shape index (κ2) is 8.49. The number of benzene rings is 3. The maximum absolute atomic E-state index is 12.7. The van der Waals surface area contributed by atoms with Crippen molar-refractivity contribution in [3.63, 3.8) is 0 Å². The van der Waals surface area contributed by atoms with E-state index in [2.05, 4.69) is 26.6 Å². The molecular weight excluding hydrogens is 424 g/mol. The van der Waals surface area contributed by atoms with E-state index in [9.17, 15) is 14.4 Å². The molecule has 0 saturated heterocycles. The average Bonchev–Trinajstić information content (AvgIpc) is 2.68. The maximum Gasteiger partial charge on any atom is 0.335 e. The molecule has 28 heavy (non-hydrogen) atoms. The van der Waals surface area contributed by atoms with Crippen molar-refractivity contribution in [2.24, 2.45) is 0 Å². The lowest BCUT2D eigenvalue weighted by atomic mass is 10.1. The molecule has 2 amide bonds. The summed E-state index contributed by atoms with van der Waals surface area (Å²) in [4.78, 5) is 36.2. The van der Waals surface area contributed by atoms with E-state index in [1.807, 2.05) is 6.07 Å². The molecule has 3 aromatic carbocycles. The summed E-state index contributed by atoms with van der Waals surface area (Å²) in [6.45, 7) is 0. The van der Waals surface area contributed by atoms with Crippen molar-refractivity contribution in [1.82, 2.24) is 0 Å². The van der Waals surface area contributed by atoms with Crippen LogP contribution in [0.1, 0.15) is 31.1 Å². The molecule has 0 aliphatic heterocycles. The molecule has 7 heteroatoms. The van der Waals surface area contributed by atoms with Crippen molar-refractivity contribution in [1.29, 1.82) is 0 Å². The van der Waals surface area contributed by atoms with Crippen LogP contribution in [0.2, 0.25) is 0 Å². The van der Waals surface area contributed by atoms with Gasteiger partial charge in [-0.1, -0.05) is 40.2 Å². The van der Waals surface area contributed by atoms with Gasteiger partial charge < -0.3 is 15.7 Å². The lowest BCUT2D eigenvalue weighted by molar-refractivity contribution is 0.0696. The number of para-hydroxylation sites is 1. The molecule has 6 nitrogen and oxygen atoms in total. The third-order valence-electron chi connectivity index (χ3n) is 3.87. The summed E-state index contributed by atoms with van der Waals surface area (Å²) in [5.41, 5.74) is 1.46. The van der Waals surface area contributed by atoms with Crippen molar-refractivity contribution < 1.29 is 19.5 Å². The molecule has 3 aromatic rings. The van der Waals surface area contributed by atoms with Gasteiger partial charge in [0.25, 0.3) is 11.8 Å². The van der Waals surface area contributed by atoms with Crippen LogP contribution in [0, 0.1) is 0 Å². The summed E-state index contributed by atoms with van der Waals surface area (Å²) in [7, 11) is 0. The summed E-state index contributed by atoms with van der Waals surface area (Å²) in [6, 6.07) is 19.4. The number of hydrogen-bond donors (Lipinski definition) is 3. The van der Waals surface area contributed by atoms with Crippen molar-refractivity contribution in [3.8, 4) is 0 Å². The zero-order chi connectivity index (χ0) is 20.1. The number of nitrogens with one attached hydrogen (secondary N) is 2. The highest BCUT2D eigenvalue weighted by Gasteiger charge is 2.15. The van der Waals surface area contributed by atoms with Crippen LogP contribution in [0.5, 0.6) is 0 Å². The largest absolute Gasteiger partial charge is 0.478 e. The Kier molecular flexibility index (Phi) is 5.86. The molecule has 0 aromatic heterocycles. The molecule has 0 fully saturated rings. The highest BCUT2D eigenvalue weighted by Crippen LogP contribution is 2.20. The summed E-state index contributed by atoms with van der Waals surface area (Å²) in [6.07, 6.45) is 0. The van der Waals surface area contributed by atoms with Gasteiger partial charge >= 0.3 is 5.97 Å². The number of amides is 2. The van der Waals surface area contributed by atoms with E-state index >= 15 is 0 Å². The van der Waals surface area contributed by atoms with Gasteiger partial charge in [0.2, 0.25) is 0 Å². The third kappa shape index (κ3) is 4.63. The van der Waals surface area contributed by atoms with Crippen LogP contribution >= 0.6 is 15.9 Å². The van der Waals surface area contributed by atoms with Gasteiger partial charge in [0.1, 0.15) is 0 Å². The predicted molar refractivity (Wildman–Crippen MR) is 110 cm³/mol. The van der Waals surface area contributed by atoms with Gasteiger partial charge in [-0.05, 0) is 48.5 Å². The normalized spacial score (nSPS) is 10.2. The minimum Gasteiger partial charge on any atom is -0.478 e. The van der Waals surface area contributed by atoms with Crippen LogP contribution in [-0.4, -0.2) is 22.9 Å². The van der Waals surface area contributed by atoms with E-state index in [1.165, 1.54) is 12.1 Å². The Bertz CT molecular complexity index is 1070. The van der Waals surface area contributed by atoms with E-state index in [4.69, 9.17) is 5.11 Å². The van der Waals surface area contributed by atoms with Gasteiger partial charge in [-0.15, -0.1) is 0 Å². The van der Waals surface area contributed by atoms with Gasteiger partial charge in [0, 0.05) is 15.7 Å². The molecule has 0 spiro atoms. The first kappa shape index (κ1) is 19.3. The topological polar surface area (TPSA) is 95.5 Å². The van der Waals surface area contributed by atoms with Crippen LogP contribution in [0.25, 0.3) is 0 Å². The number of anilines is 2. The number of carbonyl (C=O) groups excluding carboxylic acids is 2. The quantitative estimate of drug-likeness (QED) is 0.539. The minimum atomic E-state index is -1.09. The van der Waals surface area contributed by atoms with Crippen LogP contribution in [-0.2, 0) is 0 Å². The fourth-order valence-electron chi connectivity index (χ4n) is 2.54. The molecule has 3 N–H and O–H groups in total. The molecule has 0 unspecified atom stereocenters. The summed E-state index contributed by atoms with van der Waals surface area (Å²) < 4.78 is 0.768. The summed E-state index contributed by atoms with van der Waals surface area (Å²) in [5, 5.41) is 14.5. The van der Waals surface area contributed by atoms with Crippen LogP contribution < -0.4 is 10.6 Å². The first-order chi connectivity index (χ1) is 13.4. The highest BCUT2D eigenvalue weighted by atomic mass is 79.9. The number of carboxylic acids is 1. The Morgan fingerprint density at radius 3 is 2.21 bits per heavy atom. The van der Waals surface area contributed by atoms with Crippen molar-refractivity contribution in [2.75, 3.05) is 10.6 Å². The smallest absolute Gasteiger partial charge is 0.335 e. The van der Waals surface area contributed by atoms with E-state index in [1.54, 1.807) is 54.6 Å². The van der Waals surface area contributed by atoms with E-state index in [0.29, 0.717) is 16.9 Å². The molecule has 0 aliphatic carbocycles. The molecule has 0 bridgehead atoms. The van der Waals surface area contributed by atoms with Gasteiger partial charge in [-0.3, -0.25) is 9.59 Å². The van der Waals surface area contributed by atoms with Crippen molar-refractivity contribution >= 4 is 45.1 Å². The Morgan fingerprint density at radius 2 is 1.46 bits per heavy atom. The van der Waals surface area contributed by atoms with Crippen molar-refractivity contribution in [3.05, 3.63) is 94.0 Å². The number of rotatable bonds is 5. The molecule has 0 heterocycles.